The van der Waals surface area contributed by atoms with E-state index in [0.717, 1.165) is 24.3 Å². The number of unbranched alkanes of at least 4 members (excludes halogenated alkanes) is 1. The van der Waals surface area contributed by atoms with Crippen LogP contribution in [0, 0.1) is 19.8 Å². The number of aliphatic carboxylic acids is 4. The van der Waals surface area contributed by atoms with Crippen molar-refractivity contribution >= 4 is 145 Å². The largest absolute Gasteiger partial charge is 2.00 e. The van der Waals surface area contributed by atoms with Crippen molar-refractivity contribution in [2.45, 2.75) is 217 Å². The van der Waals surface area contributed by atoms with Gasteiger partial charge in [0.15, 0.2) is 0 Å². The van der Waals surface area contributed by atoms with Crippen LogP contribution in [0.5, 0.6) is 0 Å². The number of carboxylic acid groups (broad SMARTS) is 4. The number of imidazole rings is 1. The van der Waals surface area contributed by atoms with Crippen LogP contribution in [0.25, 0.3) is 44.4 Å². The second-order valence-electron chi connectivity index (χ2n) is 28.1. The Kier molecular flexibility index (Phi) is 33.7. The van der Waals surface area contributed by atoms with Gasteiger partial charge >= 0.3 is 40.9 Å². The van der Waals surface area contributed by atoms with Crippen LogP contribution in [-0.4, -0.2) is 212 Å². The number of aryl methyl sites for hydroxylation is 4. The van der Waals surface area contributed by atoms with Crippen molar-refractivity contribution in [1.29, 1.82) is 0 Å². The molecule has 0 saturated carbocycles. The number of carboxylic acids is 4. The van der Waals surface area contributed by atoms with Gasteiger partial charge in [-0.1, -0.05) is 54.3 Å². The third kappa shape index (κ3) is 24.5. The summed E-state index contributed by atoms with van der Waals surface area (Å²) in [7, 11) is 0. The van der Waals surface area contributed by atoms with E-state index in [1.165, 1.54) is 45.1 Å². The monoisotopic (exact) mass is 1630 g/mol. The van der Waals surface area contributed by atoms with Crippen LogP contribution >= 0.6 is 23.5 Å². The number of nitrogens with one attached hydrogen (secondary N) is 9. The number of fused-ring (bicyclic) bond motifs is 7. The maximum atomic E-state index is 15.4. The van der Waals surface area contributed by atoms with Gasteiger partial charge in [-0.05, 0) is 141 Å². The van der Waals surface area contributed by atoms with Crippen LogP contribution < -0.4 is 69.7 Å². The first-order chi connectivity index (χ1) is 52.4. The Morgan fingerprint density at radius 1 is 0.598 bits per heavy atom. The first-order valence-corrected chi connectivity index (χ1v) is 38.5. The van der Waals surface area contributed by atoms with Gasteiger partial charge in [-0.2, -0.15) is 23.5 Å². The van der Waals surface area contributed by atoms with E-state index in [4.69, 9.17) is 37.1 Å². The maximum Gasteiger partial charge on any atom is 2.00 e. The zero-order valence-electron chi connectivity index (χ0n) is 63.8. The summed E-state index contributed by atoms with van der Waals surface area (Å²) in [6.07, 6.45) is -1.22. The van der Waals surface area contributed by atoms with Crippen LogP contribution in [0.15, 0.2) is 36.8 Å². The van der Waals surface area contributed by atoms with E-state index in [2.05, 4.69) is 52.5 Å². The van der Waals surface area contributed by atoms with E-state index in [0.29, 0.717) is 96.7 Å². The molecule has 7 rings (SSSR count). The number of H-pyrrole nitrogens is 1. The molecular formula is C74H99FeN17O18S2. The van der Waals surface area contributed by atoms with Crippen LogP contribution in [-0.2, 0) is 98.7 Å². The number of aliphatic hydroxyl groups excluding tert-OH is 1. The number of thioether (sulfide) groups is 2. The summed E-state index contributed by atoms with van der Waals surface area (Å²) in [5.41, 5.74) is 26.6. The van der Waals surface area contributed by atoms with Gasteiger partial charge in [0, 0.05) is 66.0 Å². The summed E-state index contributed by atoms with van der Waals surface area (Å²) in [4.78, 5) is 204. The number of carbonyl (C=O) groups excluding carboxylic acids is 9. The SMILES string of the molecule is CC1=C2c3cc4[n-]c(cc5[n-]c(cc6nc(cc1n3)C(=C6C)C(C)SCC(C(=O)NC(Cc1cnc[nH]1)C(=O)NC(C(=O)NC(C(=O)NC(CCC(=O)O)C(=O)NC(CCCCN)C(=O)O)C(C)C)C(C)O)NC(=O)C(CCC(N)=O)NC(=O)C(C)NC(=O)C(N)CSC2C)c(C)c5CCC(=O)O)c(CCC(=O)O)c4C.[Fe+2]. The Balaban J connectivity index is 0.0000196. The summed E-state index contributed by atoms with van der Waals surface area (Å²) >= 11 is 2.47. The van der Waals surface area contributed by atoms with Gasteiger partial charge in [0.1, 0.15) is 48.3 Å². The minimum atomic E-state index is -1.91. The van der Waals surface area contributed by atoms with Gasteiger partial charge in [-0.15, -0.1) is 22.1 Å². The average molecular weight is 1630 g/mol. The van der Waals surface area contributed by atoms with E-state index < -0.39 is 186 Å². The molecule has 9 amide bonds. The molecule has 0 spiro atoms. The molecule has 12 unspecified atom stereocenters. The van der Waals surface area contributed by atoms with Crippen LogP contribution in [0.1, 0.15) is 164 Å². The smallest absolute Gasteiger partial charge is 0.657 e. The molecular weight excluding hydrogens is 1530 g/mol. The molecule has 0 aromatic carbocycles. The van der Waals surface area contributed by atoms with Crippen molar-refractivity contribution in [3.63, 3.8) is 0 Å². The van der Waals surface area contributed by atoms with Crippen molar-refractivity contribution < 1.29 is 105 Å². The number of hydrogen-bond donors (Lipinski definition) is 17. The van der Waals surface area contributed by atoms with E-state index in [9.17, 15) is 83.1 Å². The molecule has 608 valence electrons. The molecule has 112 heavy (non-hydrogen) atoms. The molecule has 0 radical (unpaired) electrons. The minimum absolute atomic E-state index is 0. The average Bonchev–Trinajstić information content (AvgIpc) is 1.61. The third-order valence-electron chi connectivity index (χ3n) is 19.3. The second-order valence-corrected chi connectivity index (χ2v) is 30.8. The standard InChI is InChI=1S/C74H101N17O18S2.Fe/c1-32(2)64(72(106)86-46(17-21-61(98)99)68(102)87-47(74(108)109)13-11-12-22-75)90-73(107)65(38(8)92)91-70(104)56(23-41-28-78-31-79-41)88-71(105)57-30-111-40(10)63-35(5)50-24-48-33(3)42(14-19-59(94)95)52(81-48)27-53-43(15-20-60(96)97)34(4)49(82-53)25-54-62(36(6)51(84-54)26-55(63)83-50)39(9)110-29-44(76)67(101)80-37(7)66(100)85-45(69(103)89-57)16-18-58(77)93;/h24-28,31-32,37-40,44-47,56-57,64-65,92H,11-23,29-30,75-76H2,1-10H3,(H17,77,78,79,80,81,82,83,84,85,86,87,88,89,90,91,93,94,95,96,97,98,99,100,101,102,103,104,105,106,107,108,109);/q;+2/p-2. The van der Waals surface area contributed by atoms with Crippen LogP contribution in [0.3, 0.4) is 0 Å². The molecule has 7 heterocycles. The molecule has 0 fully saturated rings. The normalized spacial score (nSPS) is 19.4. The van der Waals surface area contributed by atoms with Crippen molar-refractivity contribution in [3.8, 4) is 0 Å². The Labute approximate surface area is 664 Å². The van der Waals surface area contributed by atoms with Crippen LogP contribution in [0.2, 0.25) is 0 Å². The number of amides is 9. The molecule has 12 atom stereocenters. The van der Waals surface area contributed by atoms with Crippen molar-refractivity contribution in [3.05, 3.63) is 87.5 Å². The van der Waals surface area contributed by atoms with Gasteiger partial charge in [-0.3, -0.25) is 57.5 Å². The van der Waals surface area contributed by atoms with Gasteiger partial charge in [0.05, 0.1) is 41.2 Å². The Morgan fingerprint density at radius 2 is 1.12 bits per heavy atom. The molecule has 0 saturated heterocycles. The first-order valence-electron chi connectivity index (χ1n) is 36.4. The summed E-state index contributed by atoms with van der Waals surface area (Å²) < 4.78 is 0. The molecule has 3 aliphatic heterocycles. The molecule has 35 nitrogen and oxygen atoms in total. The number of allylic oxidation sites excluding steroid dienone is 2. The van der Waals surface area contributed by atoms with Crippen molar-refractivity contribution in [2.75, 3.05) is 18.1 Å². The fraction of sp³-hybridized carbons (Fsp3) is 0.514. The van der Waals surface area contributed by atoms with Gasteiger partial charge in [0.25, 0.3) is 0 Å². The summed E-state index contributed by atoms with van der Waals surface area (Å²) in [5.74, 6) is -14.9. The summed E-state index contributed by atoms with van der Waals surface area (Å²) in [5, 5.41) is 69.7. The zero-order valence-corrected chi connectivity index (χ0v) is 66.5. The fourth-order valence-corrected chi connectivity index (χ4v) is 15.2. The number of carbonyl (C=O) groups is 13. The zero-order chi connectivity index (χ0) is 82.0. The predicted octanol–water partition coefficient (Wildman–Crippen LogP) is 0.912. The molecule has 4 aromatic rings. The molecule has 20 N–H and O–H groups in total. The number of rotatable bonds is 31. The van der Waals surface area contributed by atoms with Gasteiger partial charge < -0.3 is 100 Å². The quantitative estimate of drug-likeness (QED) is 0.0246. The van der Waals surface area contributed by atoms with E-state index in [-0.39, 0.29) is 72.9 Å². The number of nitrogens with two attached hydrogens (primary N) is 3. The topological polar surface area (TPSA) is 580 Å². The Morgan fingerprint density at radius 3 is 1.65 bits per heavy atom. The molecule has 0 aliphatic carbocycles. The molecule has 4 aromatic heterocycles. The van der Waals surface area contributed by atoms with Crippen molar-refractivity contribution in [1.82, 2.24) is 72.4 Å². The third-order valence-corrected chi connectivity index (χ3v) is 21.9. The Bertz CT molecular complexity index is 4450. The molecule has 38 heteroatoms. The number of hydrogen-bond acceptors (Lipinski definition) is 21. The van der Waals surface area contributed by atoms with Gasteiger partial charge in [0.2, 0.25) is 53.2 Å². The fourth-order valence-electron chi connectivity index (χ4n) is 12.9. The van der Waals surface area contributed by atoms with E-state index >= 15 is 4.79 Å². The minimum Gasteiger partial charge on any atom is -0.657 e. The van der Waals surface area contributed by atoms with E-state index in [1.807, 2.05) is 34.6 Å². The summed E-state index contributed by atoms with van der Waals surface area (Å²) in [6.45, 7) is 16.8. The molecule has 9 bridgehead atoms. The Hall–Kier alpha value is -9.98. The number of aromatic nitrogens is 6. The first kappa shape index (κ1) is 90.9. The number of aliphatic hydroxyl groups is 1. The van der Waals surface area contributed by atoms with E-state index in [1.54, 1.807) is 31.2 Å². The van der Waals surface area contributed by atoms with Crippen LogP contribution in [0.4, 0.5) is 0 Å². The maximum absolute atomic E-state index is 15.4. The summed E-state index contributed by atoms with van der Waals surface area (Å²) in [6, 6.07) is -7.07. The predicted molar refractivity (Wildman–Crippen MR) is 413 cm³/mol. The molecule has 3 aliphatic rings. The number of aromatic amines is 1. The number of primary amides is 1. The van der Waals surface area contributed by atoms with Gasteiger partial charge in [-0.25, -0.2) is 19.7 Å². The second kappa shape index (κ2) is 41.5. The van der Waals surface area contributed by atoms with Crippen molar-refractivity contribution in [2.24, 2.45) is 23.1 Å². The number of nitrogens with zero attached hydrogens (tertiary/aromatic N) is 5.